The van der Waals surface area contributed by atoms with Crippen molar-refractivity contribution in [2.45, 2.75) is 39.0 Å². The van der Waals surface area contributed by atoms with E-state index in [0.717, 1.165) is 25.7 Å². The maximum Gasteiger partial charge on any atom is 0.166 e. The highest BCUT2D eigenvalue weighted by Gasteiger charge is 2.10. The maximum absolute atomic E-state index is 11.6. The molecule has 0 radical (unpaired) electrons. The molecule has 19 heavy (non-hydrogen) atoms. The summed E-state index contributed by atoms with van der Waals surface area (Å²) in [5, 5.41) is 9.62. The number of aromatic hydroxyl groups is 1. The molecule has 0 atom stereocenters. The van der Waals surface area contributed by atoms with Gasteiger partial charge in [0.05, 0.1) is 12.2 Å². The molecule has 0 aliphatic heterocycles. The lowest BCUT2D eigenvalue weighted by Crippen LogP contribution is -2.01. The fourth-order valence-corrected chi connectivity index (χ4v) is 1.95. The van der Waals surface area contributed by atoms with Crippen LogP contribution in [0, 0.1) is 0 Å². The number of benzene rings is 1. The van der Waals surface area contributed by atoms with E-state index >= 15 is 0 Å². The number of phenols is 1. The van der Waals surface area contributed by atoms with E-state index in [0.29, 0.717) is 30.2 Å². The zero-order valence-electron chi connectivity index (χ0n) is 11.3. The summed E-state index contributed by atoms with van der Waals surface area (Å²) >= 11 is 5.60. The van der Waals surface area contributed by atoms with Gasteiger partial charge < -0.3 is 9.84 Å². The summed E-state index contributed by atoms with van der Waals surface area (Å²) in [7, 11) is 0. The molecule has 0 aliphatic rings. The Labute approximate surface area is 119 Å². The average Bonchev–Trinajstić information content (AvgIpc) is 2.43. The van der Waals surface area contributed by atoms with Gasteiger partial charge in [-0.1, -0.05) is 19.8 Å². The van der Waals surface area contributed by atoms with Crippen LogP contribution in [0.4, 0.5) is 0 Å². The number of ketones is 1. The first-order chi connectivity index (χ1) is 9.19. The van der Waals surface area contributed by atoms with Crippen LogP contribution >= 0.6 is 11.6 Å². The fourth-order valence-electron chi connectivity index (χ4n) is 1.76. The van der Waals surface area contributed by atoms with Crippen LogP contribution < -0.4 is 4.74 Å². The second-order valence-electron chi connectivity index (χ2n) is 4.41. The molecule has 1 aromatic rings. The smallest absolute Gasteiger partial charge is 0.166 e. The van der Waals surface area contributed by atoms with E-state index in [-0.39, 0.29) is 11.5 Å². The lowest BCUT2D eigenvalue weighted by atomic mass is 10.1. The molecule has 1 rings (SSSR count). The molecule has 3 nitrogen and oxygen atoms in total. The third-order valence-corrected chi connectivity index (χ3v) is 3.15. The molecule has 0 saturated heterocycles. The zero-order chi connectivity index (χ0) is 14.1. The number of Topliss-reactive ketones (excluding diaryl/α,β-unsaturated/α-hetero) is 1. The minimum atomic E-state index is -0.0786. The molecule has 0 bridgehead atoms. The molecule has 0 aromatic heterocycles. The van der Waals surface area contributed by atoms with Crippen LogP contribution in [0.1, 0.15) is 49.4 Å². The molecule has 0 saturated carbocycles. The minimum Gasteiger partial charge on any atom is -0.507 e. The first-order valence-electron chi connectivity index (χ1n) is 6.74. The molecule has 0 unspecified atom stereocenters. The first-order valence-corrected chi connectivity index (χ1v) is 7.27. The number of halogens is 1. The van der Waals surface area contributed by atoms with Crippen molar-refractivity contribution in [2.75, 3.05) is 12.5 Å². The van der Waals surface area contributed by atoms with Crippen LogP contribution in [-0.2, 0) is 0 Å². The Morgan fingerprint density at radius 1 is 1.26 bits per heavy atom. The van der Waals surface area contributed by atoms with Gasteiger partial charge in [-0.2, -0.15) is 0 Å². The zero-order valence-corrected chi connectivity index (χ0v) is 12.1. The Hall–Kier alpha value is -1.22. The van der Waals surface area contributed by atoms with Gasteiger partial charge in [0.2, 0.25) is 0 Å². The van der Waals surface area contributed by atoms with Crippen molar-refractivity contribution < 1.29 is 14.6 Å². The lowest BCUT2D eigenvalue weighted by molar-refractivity contribution is 0.0985. The highest BCUT2D eigenvalue weighted by molar-refractivity contribution is 6.17. The number of alkyl halides is 1. The molecule has 0 fully saturated rings. The molecule has 0 aliphatic carbocycles. The molecule has 4 heteroatoms. The van der Waals surface area contributed by atoms with Crippen molar-refractivity contribution in [3.8, 4) is 11.5 Å². The third kappa shape index (κ3) is 5.52. The lowest BCUT2D eigenvalue weighted by Gasteiger charge is -2.08. The van der Waals surface area contributed by atoms with Crippen molar-refractivity contribution in [1.82, 2.24) is 0 Å². The van der Waals surface area contributed by atoms with Crippen molar-refractivity contribution >= 4 is 17.4 Å². The number of carbonyl (C=O) groups is 1. The monoisotopic (exact) mass is 284 g/mol. The van der Waals surface area contributed by atoms with E-state index in [9.17, 15) is 9.90 Å². The molecular weight excluding hydrogens is 264 g/mol. The van der Waals surface area contributed by atoms with Crippen LogP contribution in [0.25, 0.3) is 0 Å². The Morgan fingerprint density at radius 2 is 2.00 bits per heavy atom. The van der Waals surface area contributed by atoms with Gasteiger partial charge in [-0.15, -0.1) is 11.6 Å². The van der Waals surface area contributed by atoms with Gasteiger partial charge in [0.15, 0.2) is 5.78 Å². The number of hydrogen-bond acceptors (Lipinski definition) is 3. The van der Waals surface area contributed by atoms with Crippen LogP contribution in [0.15, 0.2) is 18.2 Å². The molecule has 1 N–H and O–H groups in total. The largest absolute Gasteiger partial charge is 0.507 e. The van der Waals surface area contributed by atoms with Gasteiger partial charge in [0, 0.05) is 12.3 Å². The predicted molar refractivity (Wildman–Crippen MR) is 77.4 cm³/mol. The second kappa shape index (κ2) is 8.81. The van der Waals surface area contributed by atoms with Gasteiger partial charge in [-0.05, 0) is 31.0 Å². The standard InChI is InChI=1S/C15H21ClO3/c1-2-14(17)13-11-12(7-8-15(13)18)19-10-6-4-3-5-9-16/h7-8,11,18H,2-6,9-10H2,1H3. The first kappa shape index (κ1) is 15.8. The van der Waals surface area contributed by atoms with Gasteiger partial charge in [0.1, 0.15) is 11.5 Å². The molecule has 1 aromatic carbocycles. The fraction of sp³-hybridized carbons (Fsp3) is 0.533. The highest BCUT2D eigenvalue weighted by atomic mass is 35.5. The summed E-state index contributed by atoms with van der Waals surface area (Å²) in [5.74, 6) is 1.28. The van der Waals surface area contributed by atoms with Crippen LogP contribution in [0.5, 0.6) is 11.5 Å². The molecule has 106 valence electrons. The number of ether oxygens (including phenoxy) is 1. The number of hydrogen-bond donors (Lipinski definition) is 1. The highest BCUT2D eigenvalue weighted by Crippen LogP contribution is 2.24. The van der Waals surface area contributed by atoms with Crippen molar-refractivity contribution in [1.29, 1.82) is 0 Å². The van der Waals surface area contributed by atoms with Gasteiger partial charge in [0.25, 0.3) is 0 Å². The summed E-state index contributed by atoms with van der Waals surface area (Å²) in [4.78, 5) is 11.6. The Bertz CT molecular complexity index is 404. The second-order valence-corrected chi connectivity index (χ2v) is 4.79. The van der Waals surface area contributed by atoms with Crippen LogP contribution in [0.3, 0.4) is 0 Å². The maximum atomic E-state index is 11.6. The normalized spacial score (nSPS) is 10.4. The van der Waals surface area contributed by atoms with Crippen molar-refractivity contribution in [3.05, 3.63) is 23.8 Å². The Kier molecular flexibility index (Phi) is 7.34. The third-order valence-electron chi connectivity index (χ3n) is 2.89. The minimum absolute atomic E-state index is 0.0151. The van der Waals surface area contributed by atoms with Gasteiger partial charge in [-0.3, -0.25) is 4.79 Å². The van der Waals surface area contributed by atoms with E-state index in [1.165, 1.54) is 6.07 Å². The van der Waals surface area contributed by atoms with Crippen LogP contribution in [0.2, 0.25) is 0 Å². The summed E-state index contributed by atoms with van der Waals surface area (Å²) < 4.78 is 5.58. The Balaban J connectivity index is 2.44. The molecular formula is C15H21ClO3. The Morgan fingerprint density at radius 3 is 2.68 bits per heavy atom. The van der Waals surface area contributed by atoms with E-state index in [2.05, 4.69) is 0 Å². The summed E-state index contributed by atoms with van der Waals surface area (Å²) in [6.07, 6.45) is 4.58. The number of carbonyl (C=O) groups excluding carboxylic acids is 1. The van der Waals surface area contributed by atoms with Crippen molar-refractivity contribution in [3.63, 3.8) is 0 Å². The van der Waals surface area contributed by atoms with Gasteiger partial charge in [-0.25, -0.2) is 0 Å². The topological polar surface area (TPSA) is 46.5 Å². The number of rotatable bonds is 9. The summed E-state index contributed by atoms with van der Waals surface area (Å²) in [6.45, 7) is 2.39. The number of phenolic OH excluding ortho intramolecular Hbond substituents is 1. The molecule has 0 amide bonds. The van der Waals surface area contributed by atoms with E-state index in [4.69, 9.17) is 16.3 Å². The van der Waals surface area contributed by atoms with E-state index < -0.39 is 0 Å². The van der Waals surface area contributed by atoms with Crippen molar-refractivity contribution in [2.24, 2.45) is 0 Å². The molecule has 0 heterocycles. The quantitative estimate of drug-likeness (QED) is 0.421. The number of unbranched alkanes of at least 4 members (excludes halogenated alkanes) is 3. The molecule has 0 spiro atoms. The predicted octanol–water partition coefficient (Wildman–Crippen LogP) is 4.16. The van der Waals surface area contributed by atoms with E-state index in [1.807, 2.05) is 0 Å². The summed E-state index contributed by atoms with van der Waals surface area (Å²) in [6, 6.07) is 4.80. The van der Waals surface area contributed by atoms with Crippen LogP contribution in [-0.4, -0.2) is 23.4 Å². The van der Waals surface area contributed by atoms with Gasteiger partial charge >= 0.3 is 0 Å². The average molecular weight is 285 g/mol. The summed E-state index contributed by atoms with van der Waals surface area (Å²) in [5.41, 5.74) is 0.335. The van der Waals surface area contributed by atoms with E-state index in [1.54, 1.807) is 19.1 Å². The SMILES string of the molecule is CCC(=O)c1cc(OCCCCCCCl)ccc1O.